The summed E-state index contributed by atoms with van der Waals surface area (Å²) in [7, 11) is 0. The Labute approximate surface area is 222 Å². The van der Waals surface area contributed by atoms with Crippen LogP contribution in [0.2, 0.25) is 0 Å². The molecule has 38 heavy (non-hydrogen) atoms. The van der Waals surface area contributed by atoms with Crippen molar-refractivity contribution < 1.29 is 23.9 Å². The molecule has 1 aromatic heterocycles. The molecule has 4 atom stereocenters. The van der Waals surface area contributed by atoms with Crippen LogP contribution in [0.4, 0.5) is 0 Å². The van der Waals surface area contributed by atoms with Gasteiger partial charge >= 0.3 is 5.97 Å². The Balaban J connectivity index is 1.64. The number of ether oxygens (including phenoxy) is 1. The van der Waals surface area contributed by atoms with Gasteiger partial charge < -0.3 is 15.4 Å². The Hall–Kier alpha value is -3.79. The molecule has 1 fully saturated rings. The van der Waals surface area contributed by atoms with Crippen LogP contribution in [-0.2, 0) is 23.9 Å². The summed E-state index contributed by atoms with van der Waals surface area (Å²) in [6.45, 7) is 7.44. The number of cyclic esters (lactones) is 1. The zero-order valence-corrected chi connectivity index (χ0v) is 22.2. The van der Waals surface area contributed by atoms with E-state index in [1.54, 1.807) is 25.3 Å². The molecule has 1 saturated heterocycles. The van der Waals surface area contributed by atoms with Crippen molar-refractivity contribution in [3.63, 3.8) is 0 Å². The molecule has 2 aromatic rings. The largest absolute Gasteiger partial charge is 0.457 e. The van der Waals surface area contributed by atoms with E-state index in [1.165, 1.54) is 5.01 Å². The Bertz CT molecular complexity index is 1260. The molecule has 3 amide bonds. The van der Waals surface area contributed by atoms with Gasteiger partial charge in [-0.3, -0.25) is 29.2 Å². The number of benzene rings is 1. The van der Waals surface area contributed by atoms with E-state index in [4.69, 9.17) is 4.74 Å². The smallest absolute Gasteiger partial charge is 0.325 e. The Kier molecular flexibility index (Phi) is 8.41. The number of hydrogen-bond acceptors (Lipinski definition) is 7. The Morgan fingerprint density at radius 3 is 2.61 bits per heavy atom. The van der Waals surface area contributed by atoms with Gasteiger partial charge in [0, 0.05) is 24.5 Å². The fourth-order valence-corrected chi connectivity index (χ4v) is 4.61. The molecule has 3 N–H and O–H groups in total. The Morgan fingerprint density at radius 2 is 1.84 bits per heavy atom. The molecule has 0 spiro atoms. The highest BCUT2D eigenvalue weighted by Gasteiger charge is 2.33. The number of nitrogens with zero attached hydrogens (tertiary/aromatic N) is 2. The summed E-state index contributed by atoms with van der Waals surface area (Å²) in [4.78, 5) is 56.1. The van der Waals surface area contributed by atoms with Crippen LogP contribution in [0.5, 0.6) is 0 Å². The number of hydrazine groups is 1. The molecule has 10 heteroatoms. The molecular weight excluding hydrogens is 486 g/mol. The average molecular weight is 522 g/mol. The molecule has 1 aromatic carbocycles. The minimum Gasteiger partial charge on any atom is -0.457 e. The predicted octanol–water partition coefficient (Wildman–Crippen LogP) is 2.40. The van der Waals surface area contributed by atoms with Gasteiger partial charge in [0.15, 0.2) is 0 Å². The summed E-state index contributed by atoms with van der Waals surface area (Å²) < 4.78 is 5.77. The van der Waals surface area contributed by atoms with Crippen molar-refractivity contribution in [2.75, 3.05) is 6.54 Å². The number of carbonyl (C=O) groups excluding carboxylic acids is 4. The summed E-state index contributed by atoms with van der Waals surface area (Å²) in [6.07, 6.45) is 5.90. The SMILES string of the molecule is CC(C)[C@@H]1NC(=O)CC=Cc2cc3cc(ccc3cn2)[C@@H](C)OC(=O)[C@@H]2CCCN(N2)C(=O)[C@H](C)NC1=O. The highest BCUT2D eigenvalue weighted by atomic mass is 16.5. The zero-order chi connectivity index (χ0) is 27.4. The van der Waals surface area contributed by atoms with Crippen molar-refractivity contribution in [3.05, 3.63) is 47.8 Å². The van der Waals surface area contributed by atoms with E-state index < -0.39 is 36.1 Å². The molecular formula is C28H35N5O5. The number of aromatic nitrogens is 1. The van der Waals surface area contributed by atoms with Gasteiger partial charge in [-0.1, -0.05) is 32.1 Å². The number of esters is 1. The summed E-state index contributed by atoms with van der Waals surface area (Å²) in [6, 6.07) is 5.33. The second-order valence-electron chi connectivity index (χ2n) is 10.2. The normalized spacial score (nSPS) is 25.8. The second-order valence-corrected chi connectivity index (χ2v) is 10.2. The minimum absolute atomic E-state index is 0.0663. The van der Waals surface area contributed by atoms with E-state index in [-0.39, 0.29) is 24.2 Å². The van der Waals surface area contributed by atoms with Crippen LogP contribution in [-0.4, -0.2) is 58.4 Å². The number of pyridine rings is 1. The highest BCUT2D eigenvalue weighted by molar-refractivity contribution is 5.92. The van der Waals surface area contributed by atoms with E-state index in [2.05, 4.69) is 21.0 Å². The maximum Gasteiger partial charge on any atom is 0.325 e. The van der Waals surface area contributed by atoms with Crippen molar-refractivity contribution in [3.8, 4) is 0 Å². The highest BCUT2D eigenvalue weighted by Crippen LogP contribution is 2.24. The lowest BCUT2D eigenvalue weighted by molar-refractivity contribution is -0.157. The topological polar surface area (TPSA) is 130 Å². The summed E-state index contributed by atoms with van der Waals surface area (Å²) >= 11 is 0. The lowest BCUT2D eigenvalue weighted by Crippen LogP contribution is -2.61. The van der Waals surface area contributed by atoms with Gasteiger partial charge in [0.2, 0.25) is 11.8 Å². The maximum absolute atomic E-state index is 13.1. The quantitative estimate of drug-likeness (QED) is 0.492. The zero-order valence-electron chi connectivity index (χ0n) is 22.2. The van der Waals surface area contributed by atoms with Crippen LogP contribution < -0.4 is 16.1 Å². The lowest BCUT2D eigenvalue weighted by Gasteiger charge is -2.35. The fraction of sp³-hybridized carbons (Fsp3) is 0.464. The van der Waals surface area contributed by atoms with Gasteiger partial charge in [0.25, 0.3) is 5.91 Å². The molecule has 5 bridgehead atoms. The summed E-state index contributed by atoms with van der Waals surface area (Å²) in [5, 5.41) is 8.71. The van der Waals surface area contributed by atoms with Crippen molar-refractivity contribution >= 4 is 40.5 Å². The van der Waals surface area contributed by atoms with E-state index in [9.17, 15) is 19.2 Å². The van der Waals surface area contributed by atoms with Crippen molar-refractivity contribution in [1.29, 1.82) is 0 Å². The first-order valence-corrected chi connectivity index (χ1v) is 13.1. The first-order valence-electron chi connectivity index (χ1n) is 13.1. The number of fused-ring (bicyclic) bond motifs is 4. The summed E-state index contributed by atoms with van der Waals surface area (Å²) in [5.74, 6) is -1.77. The van der Waals surface area contributed by atoms with Crippen LogP contribution in [0.1, 0.15) is 64.3 Å². The molecule has 2 aliphatic heterocycles. The molecule has 10 nitrogen and oxygen atoms in total. The lowest BCUT2D eigenvalue weighted by atomic mass is 10.0. The molecule has 202 valence electrons. The van der Waals surface area contributed by atoms with E-state index in [0.29, 0.717) is 25.1 Å². The molecule has 0 radical (unpaired) electrons. The monoisotopic (exact) mass is 521 g/mol. The first-order chi connectivity index (χ1) is 18.1. The first kappa shape index (κ1) is 27.3. The number of hydrogen-bond donors (Lipinski definition) is 3. The van der Waals surface area contributed by atoms with Crippen LogP contribution >= 0.6 is 0 Å². The Morgan fingerprint density at radius 1 is 1.05 bits per heavy atom. The van der Waals surface area contributed by atoms with Crippen molar-refractivity contribution in [2.45, 2.75) is 71.2 Å². The number of amides is 3. The number of carbonyl (C=O) groups is 4. The third kappa shape index (κ3) is 6.36. The third-order valence-corrected chi connectivity index (χ3v) is 6.85. The van der Waals surface area contributed by atoms with E-state index in [0.717, 1.165) is 16.3 Å². The van der Waals surface area contributed by atoms with Crippen molar-refractivity contribution in [1.82, 2.24) is 26.1 Å². The molecule has 3 heterocycles. The molecule has 0 saturated carbocycles. The van der Waals surface area contributed by atoms with Gasteiger partial charge in [-0.2, -0.15) is 0 Å². The fourth-order valence-electron chi connectivity index (χ4n) is 4.61. The minimum atomic E-state index is -0.861. The second kappa shape index (κ2) is 11.7. The molecule has 0 unspecified atom stereocenters. The van der Waals surface area contributed by atoms with Crippen LogP contribution in [0, 0.1) is 5.92 Å². The average Bonchev–Trinajstić information content (AvgIpc) is 2.90. The van der Waals surface area contributed by atoms with Gasteiger partial charge in [0.05, 0.1) is 5.69 Å². The standard InChI is InChI=1S/C28H35N5O5/c1-16(2)25-26(35)30-17(3)27(36)33-12-6-8-23(32-33)28(37)38-18(4)19-10-11-20-15-29-22(14-21(20)13-19)7-5-9-24(34)31-25/h5,7,10-11,13-18,23,25,32H,6,8-9,12H2,1-4H3,(H,30,35)(H,31,34)/t17-,18+,23-,25-/m0/s1. The van der Waals surface area contributed by atoms with Crippen LogP contribution in [0.15, 0.2) is 36.5 Å². The number of rotatable bonds is 1. The third-order valence-electron chi connectivity index (χ3n) is 6.85. The predicted molar refractivity (Wildman–Crippen MR) is 142 cm³/mol. The van der Waals surface area contributed by atoms with Gasteiger partial charge in [-0.25, -0.2) is 5.43 Å². The number of nitrogens with one attached hydrogen (secondary N) is 3. The van der Waals surface area contributed by atoms with Crippen molar-refractivity contribution in [2.24, 2.45) is 5.92 Å². The van der Waals surface area contributed by atoms with Gasteiger partial charge in [-0.15, -0.1) is 0 Å². The summed E-state index contributed by atoms with van der Waals surface area (Å²) in [5.41, 5.74) is 4.48. The van der Waals surface area contributed by atoms with E-state index >= 15 is 0 Å². The molecule has 0 aliphatic carbocycles. The van der Waals surface area contributed by atoms with E-state index in [1.807, 2.05) is 45.0 Å². The van der Waals surface area contributed by atoms with Gasteiger partial charge in [0.1, 0.15) is 24.2 Å². The van der Waals surface area contributed by atoms with Crippen LogP contribution in [0.25, 0.3) is 16.8 Å². The molecule has 2 aliphatic rings. The molecule has 4 rings (SSSR count). The maximum atomic E-state index is 13.1. The van der Waals surface area contributed by atoms with Gasteiger partial charge in [-0.05, 0) is 61.8 Å². The van der Waals surface area contributed by atoms with Crippen LogP contribution in [0.3, 0.4) is 0 Å².